The van der Waals surface area contributed by atoms with Crippen LogP contribution in [0.1, 0.15) is 24.3 Å². The summed E-state index contributed by atoms with van der Waals surface area (Å²) in [6.07, 6.45) is 2.53. The zero-order chi connectivity index (χ0) is 11.5. The Kier molecular flexibility index (Phi) is 3.72. The Morgan fingerprint density at radius 3 is 2.81 bits per heavy atom. The third-order valence-electron chi connectivity index (χ3n) is 3.48. The maximum atomic E-state index is 6.05. The molecule has 1 aliphatic rings. The van der Waals surface area contributed by atoms with Crippen molar-refractivity contribution >= 4 is 11.6 Å². The van der Waals surface area contributed by atoms with Crippen molar-refractivity contribution in [1.82, 2.24) is 5.32 Å². The van der Waals surface area contributed by atoms with E-state index in [4.69, 9.17) is 16.3 Å². The molecule has 1 aliphatic carbocycles. The van der Waals surface area contributed by atoms with Crippen LogP contribution in [0.25, 0.3) is 0 Å². The van der Waals surface area contributed by atoms with E-state index in [-0.39, 0.29) is 0 Å². The number of hydrogen-bond acceptors (Lipinski definition) is 2. The highest BCUT2D eigenvalue weighted by Gasteiger charge is 2.33. The van der Waals surface area contributed by atoms with E-state index >= 15 is 0 Å². The molecule has 0 saturated heterocycles. The molecule has 2 atom stereocenters. The van der Waals surface area contributed by atoms with Gasteiger partial charge in [0.25, 0.3) is 0 Å². The predicted molar refractivity (Wildman–Crippen MR) is 67.4 cm³/mol. The average Bonchev–Trinajstić information content (AvgIpc) is 2.25. The van der Waals surface area contributed by atoms with Crippen LogP contribution < -0.4 is 10.1 Å². The first-order valence-electron chi connectivity index (χ1n) is 5.74. The van der Waals surface area contributed by atoms with Crippen molar-refractivity contribution in [1.29, 1.82) is 0 Å². The van der Waals surface area contributed by atoms with Gasteiger partial charge in [-0.25, -0.2) is 0 Å². The predicted octanol–water partition coefficient (Wildman–Crippen LogP) is 3.06. The van der Waals surface area contributed by atoms with Crippen LogP contribution in [0.3, 0.4) is 0 Å². The molecule has 2 nitrogen and oxygen atoms in total. The highest BCUT2D eigenvalue weighted by Crippen LogP contribution is 2.45. The first-order valence-corrected chi connectivity index (χ1v) is 6.12. The number of methoxy groups -OCH3 is 1. The highest BCUT2D eigenvalue weighted by atomic mass is 35.5. The SMILES string of the molecule is CNCC1CCC1c1cc(Cl)ccc1OC. The van der Waals surface area contributed by atoms with Crippen LogP contribution in [0.15, 0.2) is 18.2 Å². The first-order chi connectivity index (χ1) is 7.76. The fourth-order valence-electron chi connectivity index (χ4n) is 2.48. The summed E-state index contributed by atoms with van der Waals surface area (Å²) in [5, 5.41) is 4.04. The third-order valence-corrected chi connectivity index (χ3v) is 3.71. The molecule has 0 aromatic heterocycles. The Morgan fingerprint density at radius 1 is 1.44 bits per heavy atom. The lowest BCUT2D eigenvalue weighted by molar-refractivity contribution is 0.244. The molecule has 16 heavy (non-hydrogen) atoms. The van der Waals surface area contributed by atoms with E-state index in [0.717, 1.165) is 23.2 Å². The molecule has 2 unspecified atom stereocenters. The fourth-order valence-corrected chi connectivity index (χ4v) is 2.66. The molecule has 0 radical (unpaired) electrons. The molecule has 2 rings (SSSR count). The summed E-state index contributed by atoms with van der Waals surface area (Å²) in [5.41, 5.74) is 1.27. The van der Waals surface area contributed by atoms with E-state index in [9.17, 15) is 0 Å². The van der Waals surface area contributed by atoms with Crippen LogP contribution in [0.5, 0.6) is 5.75 Å². The third kappa shape index (κ3) is 2.18. The van der Waals surface area contributed by atoms with E-state index in [2.05, 4.69) is 5.32 Å². The number of nitrogens with one attached hydrogen (secondary N) is 1. The second-order valence-corrected chi connectivity index (χ2v) is 4.82. The van der Waals surface area contributed by atoms with Crippen LogP contribution in [-0.4, -0.2) is 20.7 Å². The van der Waals surface area contributed by atoms with Crippen LogP contribution in [-0.2, 0) is 0 Å². The molecular weight excluding hydrogens is 222 g/mol. The van der Waals surface area contributed by atoms with Crippen molar-refractivity contribution in [3.8, 4) is 5.75 Å². The van der Waals surface area contributed by atoms with Crippen molar-refractivity contribution in [2.75, 3.05) is 20.7 Å². The zero-order valence-corrected chi connectivity index (χ0v) is 10.6. The average molecular weight is 240 g/mol. The molecule has 3 heteroatoms. The highest BCUT2D eigenvalue weighted by molar-refractivity contribution is 6.30. The summed E-state index contributed by atoms with van der Waals surface area (Å²) in [6.45, 7) is 1.07. The largest absolute Gasteiger partial charge is 0.496 e. The minimum absolute atomic E-state index is 0.598. The van der Waals surface area contributed by atoms with Crippen molar-refractivity contribution in [3.63, 3.8) is 0 Å². The Balaban J connectivity index is 2.22. The molecule has 0 heterocycles. The van der Waals surface area contributed by atoms with Gasteiger partial charge < -0.3 is 10.1 Å². The second kappa shape index (κ2) is 5.07. The number of ether oxygens (including phenoxy) is 1. The first kappa shape index (κ1) is 11.7. The van der Waals surface area contributed by atoms with Gasteiger partial charge in [-0.15, -0.1) is 0 Å². The molecule has 1 aromatic rings. The Bertz CT molecular complexity index is 367. The van der Waals surface area contributed by atoms with Crippen LogP contribution >= 0.6 is 11.6 Å². The molecular formula is C13H18ClNO. The molecule has 88 valence electrons. The quantitative estimate of drug-likeness (QED) is 0.872. The normalized spacial score (nSPS) is 23.9. The van der Waals surface area contributed by atoms with Gasteiger partial charge in [-0.05, 0) is 62.0 Å². The zero-order valence-electron chi connectivity index (χ0n) is 9.79. The molecule has 0 aliphatic heterocycles. The van der Waals surface area contributed by atoms with Crippen LogP contribution in [0.4, 0.5) is 0 Å². The number of hydrogen-bond donors (Lipinski definition) is 1. The summed E-state index contributed by atoms with van der Waals surface area (Å²) in [6, 6.07) is 5.90. The summed E-state index contributed by atoms with van der Waals surface area (Å²) < 4.78 is 5.40. The Morgan fingerprint density at radius 2 is 2.25 bits per heavy atom. The Labute approximate surface area is 102 Å². The maximum Gasteiger partial charge on any atom is 0.122 e. The standard InChI is InChI=1S/C13H18ClNO/c1-15-8-9-3-5-11(9)12-7-10(14)4-6-13(12)16-2/h4,6-7,9,11,15H,3,5,8H2,1-2H3. The van der Waals surface area contributed by atoms with Gasteiger partial charge in [0.1, 0.15) is 5.75 Å². The van der Waals surface area contributed by atoms with Crippen molar-refractivity contribution in [3.05, 3.63) is 28.8 Å². The van der Waals surface area contributed by atoms with E-state index < -0.39 is 0 Å². The van der Waals surface area contributed by atoms with Gasteiger partial charge in [0, 0.05) is 5.02 Å². The van der Waals surface area contributed by atoms with Gasteiger partial charge in [0.15, 0.2) is 0 Å². The van der Waals surface area contributed by atoms with E-state index in [0.29, 0.717) is 5.92 Å². The summed E-state index contributed by atoms with van der Waals surface area (Å²) in [5.74, 6) is 2.29. The summed E-state index contributed by atoms with van der Waals surface area (Å²) in [4.78, 5) is 0. The lowest BCUT2D eigenvalue weighted by atomic mass is 9.69. The maximum absolute atomic E-state index is 6.05. The lowest BCUT2D eigenvalue weighted by Gasteiger charge is -2.37. The molecule has 0 spiro atoms. The molecule has 0 amide bonds. The molecule has 1 aromatic carbocycles. The van der Waals surface area contributed by atoms with E-state index in [1.807, 2.05) is 25.2 Å². The van der Waals surface area contributed by atoms with Gasteiger partial charge >= 0.3 is 0 Å². The summed E-state index contributed by atoms with van der Waals surface area (Å²) >= 11 is 6.05. The van der Waals surface area contributed by atoms with Crippen LogP contribution in [0, 0.1) is 5.92 Å². The minimum atomic E-state index is 0.598. The van der Waals surface area contributed by atoms with Gasteiger partial charge in [0.2, 0.25) is 0 Å². The minimum Gasteiger partial charge on any atom is -0.496 e. The topological polar surface area (TPSA) is 21.3 Å². The van der Waals surface area contributed by atoms with E-state index in [1.165, 1.54) is 18.4 Å². The fraction of sp³-hybridized carbons (Fsp3) is 0.538. The molecule has 1 fully saturated rings. The van der Waals surface area contributed by atoms with Gasteiger partial charge in [-0.1, -0.05) is 11.6 Å². The smallest absolute Gasteiger partial charge is 0.122 e. The lowest BCUT2D eigenvalue weighted by Crippen LogP contribution is -2.32. The van der Waals surface area contributed by atoms with Gasteiger partial charge in [-0.3, -0.25) is 0 Å². The van der Waals surface area contributed by atoms with Crippen LogP contribution in [0.2, 0.25) is 5.02 Å². The van der Waals surface area contributed by atoms with Crippen molar-refractivity contribution in [2.45, 2.75) is 18.8 Å². The number of rotatable bonds is 4. The number of benzene rings is 1. The van der Waals surface area contributed by atoms with Crippen molar-refractivity contribution in [2.24, 2.45) is 5.92 Å². The molecule has 1 N–H and O–H groups in total. The van der Waals surface area contributed by atoms with Crippen molar-refractivity contribution < 1.29 is 4.74 Å². The Hall–Kier alpha value is -0.730. The monoisotopic (exact) mass is 239 g/mol. The number of halogens is 1. The van der Waals surface area contributed by atoms with E-state index in [1.54, 1.807) is 7.11 Å². The van der Waals surface area contributed by atoms with Gasteiger partial charge in [0.05, 0.1) is 7.11 Å². The summed E-state index contributed by atoms with van der Waals surface area (Å²) in [7, 11) is 3.73. The molecule has 1 saturated carbocycles. The second-order valence-electron chi connectivity index (χ2n) is 4.39. The molecule has 0 bridgehead atoms. The van der Waals surface area contributed by atoms with Gasteiger partial charge in [-0.2, -0.15) is 0 Å².